The lowest BCUT2D eigenvalue weighted by atomic mass is 10.0. The molecule has 0 saturated carbocycles. The van der Waals surface area contributed by atoms with Gasteiger partial charge in [0, 0.05) is 5.92 Å². The molecule has 0 aromatic carbocycles. The van der Waals surface area contributed by atoms with E-state index in [1.165, 1.54) is 29.9 Å². The van der Waals surface area contributed by atoms with E-state index in [0.29, 0.717) is 11.2 Å². The van der Waals surface area contributed by atoms with Crippen molar-refractivity contribution in [1.82, 2.24) is 39.0 Å². The molecule has 4 aromatic heterocycles. The zero-order valence-electron chi connectivity index (χ0n) is 29.0. The Labute approximate surface area is 315 Å². The van der Waals surface area contributed by atoms with Crippen molar-refractivity contribution in [3.05, 3.63) is 25.3 Å². The first-order chi connectivity index (χ1) is 24.2. The summed E-state index contributed by atoms with van der Waals surface area (Å²) in [6.07, 6.45) is -0.249. The number of thiol groups is 2. The molecule has 2 fully saturated rings. The minimum absolute atomic E-state index is 0.119. The topological polar surface area (TPSA) is 249 Å². The molecule has 6 rings (SSSR count). The first-order valence-electron chi connectivity index (χ1n) is 16.0. The Morgan fingerprint density at radius 3 is 1.94 bits per heavy atom. The molecule has 5 N–H and O–H groups in total. The number of nitrogens with zero attached hydrogens (tertiary/aromatic N) is 8. The molecule has 3 unspecified atom stereocenters. The summed E-state index contributed by atoms with van der Waals surface area (Å²) < 4.78 is 66.3. The Hall–Kier alpha value is -1.91. The Kier molecular flexibility index (Phi) is 11.2. The molecule has 2 aliphatic heterocycles. The zero-order valence-corrected chi connectivity index (χ0v) is 34.3. The van der Waals surface area contributed by atoms with Gasteiger partial charge in [-0.1, -0.05) is 52.2 Å². The normalized spacial score (nSPS) is 29.5. The van der Waals surface area contributed by atoms with Crippen LogP contribution < -0.4 is 11.5 Å². The van der Waals surface area contributed by atoms with Gasteiger partial charge in [-0.15, -0.1) is 11.6 Å². The molecule has 25 heteroatoms. The molecule has 4 aromatic rings. The molecule has 0 spiro atoms. The quantitative estimate of drug-likeness (QED) is 0.0559. The summed E-state index contributed by atoms with van der Waals surface area (Å²) in [6.45, 7) is 2.79. The number of halogens is 1. The van der Waals surface area contributed by atoms with Gasteiger partial charge < -0.3 is 30.3 Å². The van der Waals surface area contributed by atoms with Gasteiger partial charge in [-0.3, -0.25) is 22.7 Å². The number of imidazole rings is 2. The molecule has 2 aliphatic rings. The lowest BCUT2D eigenvalue weighted by molar-refractivity contribution is -0.0474. The van der Waals surface area contributed by atoms with Crippen LogP contribution in [0.3, 0.4) is 0 Å². The molecule has 52 heavy (non-hydrogen) atoms. The third kappa shape index (κ3) is 8.05. The van der Waals surface area contributed by atoms with Crippen molar-refractivity contribution in [3.63, 3.8) is 0 Å². The molecule has 6 heterocycles. The first-order valence-corrected chi connectivity index (χ1v) is 24.8. The van der Waals surface area contributed by atoms with Crippen LogP contribution in [0.15, 0.2) is 25.3 Å². The van der Waals surface area contributed by atoms with E-state index in [0.717, 1.165) is 0 Å². The van der Waals surface area contributed by atoms with Crippen LogP contribution >= 0.6 is 49.7 Å². The van der Waals surface area contributed by atoms with Crippen molar-refractivity contribution in [2.75, 3.05) is 24.7 Å². The van der Waals surface area contributed by atoms with Gasteiger partial charge in [0.05, 0.1) is 37.3 Å². The summed E-state index contributed by atoms with van der Waals surface area (Å²) in [5.41, 5.74) is 13.4. The minimum Gasteiger partial charge on any atom is -0.408 e. The summed E-state index contributed by atoms with van der Waals surface area (Å²) in [7, 11) is -2.65. The summed E-state index contributed by atoms with van der Waals surface area (Å²) in [5.74, 6) is 0.0329. The number of nitrogens with two attached hydrogens (primary N) is 2. The van der Waals surface area contributed by atoms with E-state index >= 15 is 0 Å². The largest absolute Gasteiger partial charge is 0.408 e. The number of hydrogen-bond acceptors (Lipinski definition) is 16. The Balaban J connectivity index is 1.29. The Bertz CT molecular complexity index is 2040. The van der Waals surface area contributed by atoms with Crippen LogP contribution in [0, 0.1) is 5.92 Å². The van der Waals surface area contributed by atoms with Crippen molar-refractivity contribution >= 4 is 92.0 Å². The highest BCUT2D eigenvalue weighted by atomic mass is 35.5. The Morgan fingerprint density at radius 2 is 1.40 bits per heavy atom. The fourth-order valence-electron chi connectivity index (χ4n) is 5.73. The number of hydrogen-bond donors (Lipinski definition) is 5. The van der Waals surface area contributed by atoms with Crippen molar-refractivity contribution in [2.45, 2.75) is 88.1 Å². The van der Waals surface area contributed by atoms with Crippen LogP contribution in [0.4, 0.5) is 11.6 Å². The molecular formula is C27H41ClN10O9P2S2Si. The highest BCUT2D eigenvalue weighted by Crippen LogP contribution is 2.58. The van der Waals surface area contributed by atoms with Gasteiger partial charge in [-0.2, -0.15) is 0 Å². The van der Waals surface area contributed by atoms with E-state index in [4.69, 9.17) is 50.5 Å². The fourth-order valence-corrected chi connectivity index (χ4v) is 9.38. The SMILES string of the molecule is C[C@H]1[C@@H](Cl)[C@H](n2cnc3c(N)ncnc32)O[C@@H]1COP(=O)(S)O[C@@H]1C(O[Si](C)(C)C(C)(C)C)[C@@H](COP(=O)(O)S)O[C@H]1n1cnc2c(N)ncnc21. The number of alkyl halides is 1. The van der Waals surface area contributed by atoms with Gasteiger partial charge in [0.2, 0.25) is 0 Å². The van der Waals surface area contributed by atoms with Crippen LogP contribution in [0.1, 0.15) is 40.2 Å². The number of nitrogen functional groups attached to an aromatic ring is 2. The summed E-state index contributed by atoms with van der Waals surface area (Å²) in [6, 6.07) is 0. The number of anilines is 2. The molecule has 0 aliphatic carbocycles. The summed E-state index contributed by atoms with van der Waals surface area (Å²) in [5, 5.41) is -0.860. The average molecular weight is 839 g/mol. The summed E-state index contributed by atoms with van der Waals surface area (Å²) >= 11 is 14.9. The highest BCUT2D eigenvalue weighted by molar-refractivity contribution is 8.44. The maximum Gasteiger partial charge on any atom is 0.386 e. The van der Waals surface area contributed by atoms with Gasteiger partial charge in [-0.05, 0) is 18.1 Å². The van der Waals surface area contributed by atoms with Crippen molar-refractivity contribution in [1.29, 1.82) is 0 Å². The lowest BCUT2D eigenvalue weighted by Gasteiger charge is -2.40. The van der Waals surface area contributed by atoms with Gasteiger partial charge >= 0.3 is 13.6 Å². The van der Waals surface area contributed by atoms with Crippen LogP contribution in [0.25, 0.3) is 22.3 Å². The highest BCUT2D eigenvalue weighted by Gasteiger charge is 2.54. The smallest absolute Gasteiger partial charge is 0.386 e. The zero-order chi connectivity index (χ0) is 38.0. The van der Waals surface area contributed by atoms with Gasteiger partial charge in [0.15, 0.2) is 43.7 Å². The van der Waals surface area contributed by atoms with Crippen LogP contribution in [-0.4, -0.2) is 95.3 Å². The van der Waals surface area contributed by atoms with Gasteiger partial charge in [-0.25, -0.2) is 39.0 Å². The van der Waals surface area contributed by atoms with Gasteiger partial charge in [0.1, 0.15) is 42.0 Å². The molecule has 2 saturated heterocycles. The van der Waals surface area contributed by atoms with Crippen molar-refractivity contribution in [3.8, 4) is 0 Å². The Morgan fingerprint density at radius 1 is 0.885 bits per heavy atom. The second-order valence-corrected chi connectivity index (χ2v) is 25.0. The van der Waals surface area contributed by atoms with E-state index in [2.05, 4.69) is 54.4 Å². The molecular weight excluding hydrogens is 798 g/mol. The lowest BCUT2D eigenvalue weighted by Crippen LogP contribution is -2.50. The molecule has 0 bridgehead atoms. The number of aromatic nitrogens is 8. The van der Waals surface area contributed by atoms with Gasteiger partial charge in [0.25, 0.3) is 0 Å². The van der Waals surface area contributed by atoms with Crippen molar-refractivity contribution in [2.24, 2.45) is 5.92 Å². The number of rotatable bonds is 12. The second-order valence-electron chi connectivity index (χ2n) is 14.1. The predicted octanol–water partition coefficient (Wildman–Crippen LogP) is 4.75. The van der Waals surface area contributed by atoms with E-state index in [-0.39, 0.29) is 40.4 Å². The van der Waals surface area contributed by atoms with Crippen molar-refractivity contribution < 1.29 is 41.5 Å². The molecule has 286 valence electrons. The fraction of sp³-hybridized carbons (Fsp3) is 0.630. The van der Waals surface area contributed by atoms with E-state index in [1.807, 2.05) is 40.8 Å². The third-order valence-corrected chi connectivity index (χ3v) is 17.1. The first kappa shape index (κ1) is 39.8. The van der Waals surface area contributed by atoms with Crippen LogP contribution in [-0.2, 0) is 36.6 Å². The van der Waals surface area contributed by atoms with Crippen LogP contribution in [0.2, 0.25) is 18.1 Å². The predicted molar refractivity (Wildman–Crippen MR) is 200 cm³/mol. The second kappa shape index (κ2) is 14.6. The molecule has 0 radical (unpaired) electrons. The maximum atomic E-state index is 14.2. The number of fused-ring (bicyclic) bond motifs is 2. The van der Waals surface area contributed by atoms with Crippen LogP contribution in [0.5, 0.6) is 0 Å². The van der Waals surface area contributed by atoms with E-state index in [9.17, 15) is 14.0 Å². The summed E-state index contributed by atoms with van der Waals surface area (Å²) in [4.78, 5) is 35.1. The molecule has 0 amide bonds. The maximum absolute atomic E-state index is 14.2. The minimum atomic E-state index is -4.28. The molecule has 10 atom stereocenters. The third-order valence-electron chi connectivity index (χ3n) is 9.58. The molecule has 19 nitrogen and oxygen atoms in total. The monoisotopic (exact) mass is 838 g/mol. The van der Waals surface area contributed by atoms with E-state index < -0.39 is 70.8 Å². The number of ether oxygens (including phenoxy) is 2. The van der Waals surface area contributed by atoms with E-state index in [1.54, 1.807) is 4.57 Å². The standard InChI is InChI=1S/C27H41ClN10O9P2S2Si/c1-13-14(44-25(16(13)28)37-11-35-17-21(29)31-9-33-23(17)37)7-43-49(41,51)46-20-19(47-52(5,6)27(2,3)4)15(8-42-48(39,40)50)45-26(20)38-12-36-18-22(30)32-10-34-24(18)38/h9-16,19-20,25-26H,7-8H2,1-6H3,(H,41,51)(H2,29,31,33)(H2,30,32,34)(H2,39,40,50)/t13-,14-,15-,16-,19?,20-,25-,26-,49?/m1/s1. The average Bonchev–Trinajstić information content (AvgIpc) is 3.80.